The van der Waals surface area contributed by atoms with Crippen molar-refractivity contribution in [3.8, 4) is 0 Å². The molecular formula is C7H13O2. The highest BCUT2D eigenvalue weighted by Crippen LogP contribution is 2.13. The molecule has 1 fully saturated rings. The summed E-state index contributed by atoms with van der Waals surface area (Å²) < 4.78 is 9.95. The van der Waals surface area contributed by atoms with Crippen molar-refractivity contribution in [2.24, 2.45) is 5.92 Å². The molecule has 1 aliphatic rings. The van der Waals surface area contributed by atoms with E-state index in [1.165, 1.54) is 0 Å². The van der Waals surface area contributed by atoms with Gasteiger partial charge < -0.3 is 9.47 Å². The molecule has 0 saturated carbocycles. The molecule has 0 spiro atoms. The maximum atomic E-state index is 5.17. The van der Waals surface area contributed by atoms with E-state index in [9.17, 15) is 0 Å². The van der Waals surface area contributed by atoms with Crippen LogP contribution in [-0.4, -0.2) is 19.8 Å². The lowest BCUT2D eigenvalue weighted by atomic mass is 10.0. The molecule has 0 atom stereocenters. The molecule has 53 valence electrons. The van der Waals surface area contributed by atoms with Crippen molar-refractivity contribution >= 4 is 0 Å². The van der Waals surface area contributed by atoms with Crippen LogP contribution in [0, 0.1) is 13.0 Å². The number of rotatable bonds is 2. The lowest BCUT2D eigenvalue weighted by molar-refractivity contribution is 0.0409. The van der Waals surface area contributed by atoms with E-state index >= 15 is 0 Å². The van der Waals surface area contributed by atoms with Crippen molar-refractivity contribution in [3.63, 3.8) is 0 Å². The highest BCUT2D eigenvalue weighted by atomic mass is 16.5. The monoisotopic (exact) mass is 129 g/mol. The van der Waals surface area contributed by atoms with Crippen LogP contribution in [0.1, 0.15) is 12.8 Å². The molecule has 2 nitrogen and oxygen atoms in total. The first-order valence-corrected chi connectivity index (χ1v) is 3.38. The van der Waals surface area contributed by atoms with Gasteiger partial charge in [0.25, 0.3) is 0 Å². The zero-order chi connectivity index (χ0) is 6.53. The largest absolute Gasteiger partial charge is 0.381 e. The topological polar surface area (TPSA) is 18.5 Å². The van der Waals surface area contributed by atoms with Crippen molar-refractivity contribution < 1.29 is 9.47 Å². The maximum absolute atomic E-state index is 5.17. The molecule has 1 saturated heterocycles. The molecule has 1 heterocycles. The lowest BCUT2D eigenvalue weighted by Gasteiger charge is -2.20. The Labute approximate surface area is 56.2 Å². The van der Waals surface area contributed by atoms with E-state index in [1.54, 1.807) is 0 Å². The summed E-state index contributed by atoms with van der Waals surface area (Å²) in [4.78, 5) is 0. The standard InChI is InChI=1S/C7H13O2/c1-8-6-7-2-4-9-5-3-7/h7H,1-6H2. The van der Waals surface area contributed by atoms with Gasteiger partial charge in [0.15, 0.2) is 0 Å². The molecule has 0 unspecified atom stereocenters. The van der Waals surface area contributed by atoms with E-state index in [0.29, 0.717) is 5.92 Å². The van der Waals surface area contributed by atoms with Gasteiger partial charge in [-0.15, -0.1) is 0 Å². The summed E-state index contributed by atoms with van der Waals surface area (Å²) >= 11 is 0. The fraction of sp³-hybridized carbons (Fsp3) is 0.857. The fourth-order valence-corrected chi connectivity index (χ4v) is 1.08. The molecule has 0 bridgehead atoms. The Hall–Kier alpha value is -0.0800. The zero-order valence-corrected chi connectivity index (χ0v) is 5.64. The van der Waals surface area contributed by atoms with E-state index in [-0.39, 0.29) is 0 Å². The van der Waals surface area contributed by atoms with Crippen LogP contribution >= 0.6 is 0 Å². The van der Waals surface area contributed by atoms with Gasteiger partial charge in [-0.05, 0) is 18.8 Å². The second-order valence-corrected chi connectivity index (χ2v) is 2.43. The number of ether oxygens (including phenoxy) is 2. The molecule has 0 aliphatic carbocycles. The first-order chi connectivity index (χ1) is 4.43. The Morgan fingerprint density at radius 3 is 2.67 bits per heavy atom. The Bertz CT molecular complexity index is 64.6. The molecule has 1 aliphatic heterocycles. The minimum Gasteiger partial charge on any atom is -0.381 e. The second kappa shape index (κ2) is 3.85. The lowest BCUT2D eigenvalue weighted by Crippen LogP contribution is -2.18. The van der Waals surface area contributed by atoms with Gasteiger partial charge in [-0.1, -0.05) is 0 Å². The molecule has 1 radical (unpaired) electrons. The highest BCUT2D eigenvalue weighted by Gasteiger charge is 2.12. The minimum atomic E-state index is 0.691. The van der Waals surface area contributed by atoms with Crippen LogP contribution in [0.5, 0.6) is 0 Å². The smallest absolute Gasteiger partial charge is 0.0700 e. The summed E-state index contributed by atoms with van der Waals surface area (Å²) in [6, 6.07) is 0. The molecule has 0 aromatic heterocycles. The first-order valence-electron chi connectivity index (χ1n) is 3.38. The number of hydrogen-bond acceptors (Lipinski definition) is 2. The Morgan fingerprint density at radius 1 is 1.44 bits per heavy atom. The number of hydrogen-bond donors (Lipinski definition) is 0. The van der Waals surface area contributed by atoms with Gasteiger partial charge in [0, 0.05) is 19.8 Å². The van der Waals surface area contributed by atoms with Gasteiger partial charge >= 0.3 is 0 Å². The molecule has 0 aromatic rings. The van der Waals surface area contributed by atoms with Crippen LogP contribution in [0.2, 0.25) is 0 Å². The van der Waals surface area contributed by atoms with Crippen LogP contribution in [0.4, 0.5) is 0 Å². The quantitative estimate of drug-likeness (QED) is 0.558. The fourth-order valence-electron chi connectivity index (χ4n) is 1.08. The van der Waals surface area contributed by atoms with Crippen LogP contribution in [-0.2, 0) is 9.47 Å². The molecule has 0 N–H and O–H groups in total. The molecule has 0 aromatic carbocycles. The molecule has 2 heteroatoms. The summed E-state index contributed by atoms with van der Waals surface area (Å²) in [6.07, 6.45) is 2.27. The summed E-state index contributed by atoms with van der Waals surface area (Å²) in [7, 11) is 3.34. The zero-order valence-electron chi connectivity index (χ0n) is 5.64. The normalized spacial score (nSPS) is 22.3. The van der Waals surface area contributed by atoms with Crippen molar-refractivity contribution in [2.45, 2.75) is 12.8 Å². The van der Waals surface area contributed by atoms with E-state index in [1.807, 2.05) is 0 Å². The van der Waals surface area contributed by atoms with Gasteiger partial charge in [0.1, 0.15) is 0 Å². The molecular weight excluding hydrogens is 116 g/mol. The predicted octanol–water partition coefficient (Wildman–Crippen LogP) is 1.22. The van der Waals surface area contributed by atoms with Crippen molar-refractivity contribution in [3.05, 3.63) is 7.11 Å². The summed E-state index contributed by atoms with van der Waals surface area (Å²) in [5.74, 6) is 0.691. The first kappa shape index (κ1) is 7.03. The Morgan fingerprint density at radius 2 is 2.11 bits per heavy atom. The van der Waals surface area contributed by atoms with Gasteiger partial charge in [0.05, 0.1) is 7.11 Å². The van der Waals surface area contributed by atoms with Gasteiger partial charge in [0.2, 0.25) is 0 Å². The average molecular weight is 129 g/mol. The van der Waals surface area contributed by atoms with Crippen LogP contribution in [0.15, 0.2) is 0 Å². The highest BCUT2D eigenvalue weighted by molar-refractivity contribution is 4.61. The van der Waals surface area contributed by atoms with Crippen molar-refractivity contribution in [1.29, 1.82) is 0 Å². The molecule has 1 rings (SSSR count). The Balaban J connectivity index is 2.08. The molecule has 9 heavy (non-hydrogen) atoms. The third-order valence-electron chi connectivity index (χ3n) is 1.69. The third-order valence-corrected chi connectivity index (χ3v) is 1.69. The van der Waals surface area contributed by atoms with Gasteiger partial charge in [-0.3, -0.25) is 0 Å². The minimum absolute atomic E-state index is 0.691. The second-order valence-electron chi connectivity index (χ2n) is 2.43. The predicted molar refractivity (Wildman–Crippen MR) is 34.9 cm³/mol. The van der Waals surface area contributed by atoms with Crippen molar-refractivity contribution in [2.75, 3.05) is 19.8 Å². The van der Waals surface area contributed by atoms with Gasteiger partial charge in [-0.25, -0.2) is 0 Å². The van der Waals surface area contributed by atoms with E-state index in [0.717, 1.165) is 32.7 Å². The Kier molecular flexibility index (Phi) is 3.01. The van der Waals surface area contributed by atoms with Crippen molar-refractivity contribution in [1.82, 2.24) is 0 Å². The van der Waals surface area contributed by atoms with Crippen LogP contribution in [0.3, 0.4) is 0 Å². The van der Waals surface area contributed by atoms with Crippen LogP contribution in [0.25, 0.3) is 0 Å². The maximum Gasteiger partial charge on any atom is 0.0700 e. The summed E-state index contributed by atoms with van der Waals surface area (Å²) in [5.41, 5.74) is 0. The van der Waals surface area contributed by atoms with E-state index < -0.39 is 0 Å². The van der Waals surface area contributed by atoms with Gasteiger partial charge in [-0.2, -0.15) is 0 Å². The average Bonchev–Trinajstić information content (AvgIpc) is 1.91. The van der Waals surface area contributed by atoms with E-state index in [4.69, 9.17) is 9.47 Å². The summed E-state index contributed by atoms with van der Waals surface area (Å²) in [6.45, 7) is 2.59. The third kappa shape index (κ3) is 2.33. The SMILES string of the molecule is [CH2]OCC1CCOCC1. The summed E-state index contributed by atoms with van der Waals surface area (Å²) in [5, 5.41) is 0. The van der Waals surface area contributed by atoms with E-state index in [2.05, 4.69) is 7.11 Å². The molecule has 0 amide bonds. The van der Waals surface area contributed by atoms with Crippen LogP contribution < -0.4 is 0 Å².